The highest BCUT2D eigenvalue weighted by molar-refractivity contribution is 6.30. The zero-order valence-electron chi connectivity index (χ0n) is 17.0. The van der Waals surface area contributed by atoms with Crippen molar-refractivity contribution in [2.45, 2.75) is 31.9 Å². The second kappa shape index (κ2) is 8.59. The van der Waals surface area contributed by atoms with Gasteiger partial charge in [0.2, 0.25) is 11.7 Å². The first-order valence-electron chi connectivity index (χ1n) is 10.6. The maximum Gasteiger partial charge on any atom is 0.265 e. The van der Waals surface area contributed by atoms with Crippen LogP contribution in [0.3, 0.4) is 0 Å². The van der Waals surface area contributed by atoms with Gasteiger partial charge in [0.05, 0.1) is 18.8 Å². The molecular formula is C23H23ClN4O3. The molecule has 8 heteroatoms. The van der Waals surface area contributed by atoms with Crippen LogP contribution in [0.2, 0.25) is 5.02 Å². The number of amides is 1. The van der Waals surface area contributed by atoms with Gasteiger partial charge >= 0.3 is 0 Å². The highest BCUT2D eigenvalue weighted by Crippen LogP contribution is 2.34. The Labute approximate surface area is 185 Å². The summed E-state index contributed by atoms with van der Waals surface area (Å²) >= 11 is 5.96. The third-order valence-electron chi connectivity index (χ3n) is 5.70. The number of hydrogen-bond acceptors (Lipinski definition) is 6. The highest BCUT2D eigenvalue weighted by atomic mass is 35.5. The fraction of sp³-hybridized carbons (Fsp3) is 0.348. The lowest BCUT2D eigenvalue weighted by atomic mass is 10.1. The molecule has 160 valence electrons. The number of nitrogens with zero attached hydrogens (tertiary/aromatic N) is 4. The van der Waals surface area contributed by atoms with Crippen molar-refractivity contribution in [3.05, 3.63) is 59.4 Å². The lowest BCUT2D eigenvalue weighted by Gasteiger charge is -2.37. The highest BCUT2D eigenvalue weighted by Gasteiger charge is 2.34. The van der Waals surface area contributed by atoms with E-state index in [1.807, 2.05) is 41.3 Å². The number of para-hydroxylation sites is 2. The summed E-state index contributed by atoms with van der Waals surface area (Å²) in [4.78, 5) is 21.6. The maximum atomic E-state index is 13.1. The van der Waals surface area contributed by atoms with Crippen LogP contribution in [0.5, 0.6) is 5.75 Å². The van der Waals surface area contributed by atoms with Crippen LogP contribution in [0, 0.1) is 0 Å². The van der Waals surface area contributed by atoms with Gasteiger partial charge in [0.15, 0.2) is 6.10 Å². The fourth-order valence-electron chi connectivity index (χ4n) is 4.10. The lowest BCUT2D eigenvalue weighted by molar-refractivity contribution is -0.139. The molecule has 1 atom stereocenters. The summed E-state index contributed by atoms with van der Waals surface area (Å²) in [5.74, 6) is 1.73. The molecule has 31 heavy (non-hydrogen) atoms. The maximum absolute atomic E-state index is 13.1. The number of ether oxygens (including phenoxy) is 1. The number of carbonyl (C=O) groups excluding carboxylic acids is 1. The summed E-state index contributed by atoms with van der Waals surface area (Å²) in [5, 5.41) is 4.76. The van der Waals surface area contributed by atoms with Crippen LogP contribution in [0.4, 0.5) is 5.69 Å². The third kappa shape index (κ3) is 4.23. The van der Waals surface area contributed by atoms with Crippen LogP contribution >= 0.6 is 11.6 Å². The van der Waals surface area contributed by atoms with E-state index in [-0.39, 0.29) is 5.91 Å². The van der Waals surface area contributed by atoms with Gasteiger partial charge in [0, 0.05) is 23.7 Å². The number of carbonyl (C=O) groups is 1. The molecule has 3 heterocycles. The Morgan fingerprint density at radius 2 is 1.84 bits per heavy atom. The van der Waals surface area contributed by atoms with Gasteiger partial charge < -0.3 is 19.1 Å². The summed E-state index contributed by atoms with van der Waals surface area (Å²) in [6, 6.07) is 15.0. The van der Waals surface area contributed by atoms with Crippen molar-refractivity contribution >= 4 is 23.2 Å². The van der Waals surface area contributed by atoms with E-state index < -0.39 is 6.10 Å². The number of piperidine rings is 1. The molecule has 5 rings (SSSR count). The predicted molar refractivity (Wildman–Crippen MR) is 117 cm³/mol. The van der Waals surface area contributed by atoms with Crippen LogP contribution in [0.1, 0.15) is 25.2 Å². The average Bonchev–Trinajstić information content (AvgIpc) is 3.28. The van der Waals surface area contributed by atoms with Gasteiger partial charge in [-0.3, -0.25) is 4.79 Å². The van der Waals surface area contributed by atoms with E-state index in [4.69, 9.17) is 20.9 Å². The number of benzene rings is 2. The standard InChI is InChI=1S/C23H23ClN4O3/c24-17-10-8-16(9-11-17)22-25-21(31-26-22)15-28-14-20(23(29)27-12-4-1-5-13-27)30-19-7-3-2-6-18(19)28/h2-3,6-11,20H,1,4-5,12-15H2/t20-/m1/s1. The first-order chi connectivity index (χ1) is 15.2. The zero-order chi connectivity index (χ0) is 21.2. The van der Waals surface area contributed by atoms with Crippen molar-refractivity contribution < 1.29 is 14.1 Å². The summed E-state index contributed by atoms with van der Waals surface area (Å²) in [5.41, 5.74) is 1.75. The molecule has 2 aromatic carbocycles. The quantitative estimate of drug-likeness (QED) is 0.608. The molecular weight excluding hydrogens is 416 g/mol. The lowest BCUT2D eigenvalue weighted by Crippen LogP contribution is -2.51. The summed E-state index contributed by atoms with van der Waals surface area (Å²) < 4.78 is 11.6. The molecule has 0 saturated carbocycles. The fourth-order valence-corrected chi connectivity index (χ4v) is 4.23. The smallest absolute Gasteiger partial charge is 0.265 e. The van der Waals surface area contributed by atoms with Crippen molar-refractivity contribution in [1.82, 2.24) is 15.0 Å². The Morgan fingerprint density at radius 3 is 2.65 bits per heavy atom. The van der Waals surface area contributed by atoms with Crippen molar-refractivity contribution in [2.75, 3.05) is 24.5 Å². The first-order valence-corrected chi connectivity index (χ1v) is 10.9. The van der Waals surface area contributed by atoms with Gasteiger partial charge in [-0.2, -0.15) is 4.98 Å². The number of aromatic nitrogens is 2. The summed E-state index contributed by atoms with van der Waals surface area (Å²) in [6.07, 6.45) is 2.73. The Bertz CT molecular complexity index is 1060. The van der Waals surface area contributed by atoms with Crippen LogP contribution in [-0.2, 0) is 11.3 Å². The number of rotatable bonds is 4. The van der Waals surface area contributed by atoms with Crippen molar-refractivity contribution in [3.63, 3.8) is 0 Å². The number of hydrogen-bond donors (Lipinski definition) is 0. The van der Waals surface area contributed by atoms with Gasteiger partial charge in [-0.1, -0.05) is 28.9 Å². The molecule has 2 aliphatic heterocycles. The minimum absolute atomic E-state index is 0.0478. The van der Waals surface area contributed by atoms with E-state index in [0.29, 0.717) is 35.6 Å². The minimum Gasteiger partial charge on any atom is -0.477 e. The van der Waals surface area contributed by atoms with Crippen molar-refractivity contribution in [3.8, 4) is 17.1 Å². The molecule has 0 radical (unpaired) electrons. The first kappa shape index (κ1) is 19.9. The third-order valence-corrected chi connectivity index (χ3v) is 5.95. The van der Waals surface area contributed by atoms with Crippen LogP contribution in [0.15, 0.2) is 53.1 Å². The van der Waals surface area contributed by atoms with E-state index in [1.165, 1.54) is 6.42 Å². The molecule has 0 unspecified atom stereocenters. The molecule has 1 fully saturated rings. The Morgan fingerprint density at radius 1 is 1.06 bits per heavy atom. The van der Waals surface area contributed by atoms with Crippen molar-refractivity contribution in [1.29, 1.82) is 0 Å². The Kier molecular flexibility index (Phi) is 5.51. The Hall–Kier alpha value is -3.06. The second-order valence-electron chi connectivity index (χ2n) is 7.86. The van der Waals surface area contributed by atoms with E-state index in [0.717, 1.165) is 37.2 Å². The molecule has 1 amide bonds. The Balaban J connectivity index is 1.36. The van der Waals surface area contributed by atoms with Crippen LogP contribution in [-0.4, -0.2) is 46.7 Å². The SMILES string of the molecule is O=C([C@H]1CN(Cc2nc(-c3ccc(Cl)cc3)no2)c2ccccc2O1)N1CCCCC1. The monoisotopic (exact) mass is 438 g/mol. The largest absolute Gasteiger partial charge is 0.477 e. The molecule has 1 saturated heterocycles. The second-order valence-corrected chi connectivity index (χ2v) is 8.30. The summed E-state index contributed by atoms with van der Waals surface area (Å²) in [7, 11) is 0. The topological polar surface area (TPSA) is 71.7 Å². The van der Waals surface area contributed by atoms with Crippen LogP contribution < -0.4 is 9.64 Å². The van der Waals surface area contributed by atoms with E-state index in [1.54, 1.807) is 12.1 Å². The molecule has 0 aliphatic carbocycles. The predicted octanol–water partition coefficient (Wildman–Crippen LogP) is 4.17. The number of halogens is 1. The molecule has 0 bridgehead atoms. The van der Waals surface area contributed by atoms with Gasteiger partial charge in [-0.25, -0.2) is 0 Å². The van der Waals surface area contributed by atoms with E-state index in [2.05, 4.69) is 15.0 Å². The molecule has 2 aliphatic rings. The average molecular weight is 439 g/mol. The van der Waals surface area contributed by atoms with Gasteiger partial charge in [0.1, 0.15) is 5.75 Å². The summed E-state index contributed by atoms with van der Waals surface area (Å²) in [6.45, 7) is 2.43. The van der Waals surface area contributed by atoms with E-state index in [9.17, 15) is 4.79 Å². The number of anilines is 1. The zero-order valence-corrected chi connectivity index (χ0v) is 17.8. The molecule has 7 nitrogen and oxygen atoms in total. The number of likely N-dealkylation sites (tertiary alicyclic amines) is 1. The normalized spacial score (nSPS) is 18.4. The van der Waals surface area contributed by atoms with Gasteiger partial charge in [-0.15, -0.1) is 0 Å². The minimum atomic E-state index is -0.549. The molecule has 1 aromatic heterocycles. The van der Waals surface area contributed by atoms with Crippen LogP contribution in [0.25, 0.3) is 11.4 Å². The van der Waals surface area contributed by atoms with E-state index >= 15 is 0 Å². The molecule has 3 aromatic rings. The van der Waals surface area contributed by atoms with Crippen molar-refractivity contribution in [2.24, 2.45) is 0 Å². The van der Waals surface area contributed by atoms with Gasteiger partial charge in [-0.05, 0) is 55.7 Å². The van der Waals surface area contributed by atoms with Gasteiger partial charge in [0.25, 0.3) is 5.91 Å². The molecule has 0 N–H and O–H groups in total. The number of fused-ring (bicyclic) bond motifs is 1. The molecule has 0 spiro atoms.